The molecule has 2 N–H and O–H groups in total. The van der Waals surface area contributed by atoms with Gasteiger partial charge in [0.25, 0.3) is 0 Å². The molecule has 3 rings (SSSR count). The molecule has 20 heavy (non-hydrogen) atoms. The third-order valence-corrected chi connectivity index (χ3v) is 4.62. The Hall–Kier alpha value is -1.85. The fourth-order valence-electron chi connectivity index (χ4n) is 1.71. The Labute approximate surface area is 125 Å². The van der Waals surface area contributed by atoms with E-state index in [1.165, 1.54) is 5.56 Å². The van der Waals surface area contributed by atoms with Gasteiger partial charge in [0.15, 0.2) is 0 Å². The highest BCUT2D eigenvalue weighted by atomic mass is 32.2. The molecule has 3 nitrogen and oxygen atoms in total. The van der Waals surface area contributed by atoms with E-state index in [1.54, 1.807) is 29.3 Å². The van der Waals surface area contributed by atoms with E-state index in [4.69, 9.17) is 5.73 Å². The average Bonchev–Trinajstić information content (AvgIpc) is 2.97. The van der Waals surface area contributed by atoms with Gasteiger partial charge in [0.2, 0.25) is 0 Å². The van der Waals surface area contributed by atoms with Crippen molar-refractivity contribution in [1.29, 1.82) is 0 Å². The second kappa shape index (κ2) is 6.07. The van der Waals surface area contributed by atoms with Crippen LogP contribution in [0.15, 0.2) is 59.1 Å². The van der Waals surface area contributed by atoms with E-state index in [0.717, 1.165) is 21.5 Å². The first-order chi connectivity index (χ1) is 9.81. The zero-order valence-corrected chi connectivity index (χ0v) is 12.3. The van der Waals surface area contributed by atoms with E-state index < -0.39 is 0 Å². The molecule has 0 unspecified atom stereocenters. The van der Waals surface area contributed by atoms with E-state index in [1.807, 2.05) is 30.3 Å². The number of hydrogen-bond donors (Lipinski definition) is 1. The zero-order valence-electron chi connectivity index (χ0n) is 10.7. The summed E-state index contributed by atoms with van der Waals surface area (Å²) in [6.07, 6.45) is 1.68. The number of thiazole rings is 1. The van der Waals surface area contributed by atoms with Gasteiger partial charge in [-0.1, -0.05) is 30.3 Å². The monoisotopic (exact) mass is 299 g/mol. The predicted molar refractivity (Wildman–Crippen MR) is 85.8 cm³/mol. The summed E-state index contributed by atoms with van der Waals surface area (Å²) < 4.78 is 0. The van der Waals surface area contributed by atoms with Crippen molar-refractivity contribution >= 4 is 28.8 Å². The van der Waals surface area contributed by atoms with Gasteiger partial charge in [-0.2, -0.15) is 0 Å². The molecule has 0 aliphatic heterocycles. The van der Waals surface area contributed by atoms with Crippen LogP contribution in [0.2, 0.25) is 0 Å². The van der Waals surface area contributed by atoms with Crippen molar-refractivity contribution in [2.75, 3.05) is 5.73 Å². The van der Waals surface area contributed by atoms with Crippen LogP contribution in [0.4, 0.5) is 5.69 Å². The van der Waals surface area contributed by atoms with Gasteiger partial charge in [-0.05, 0) is 12.1 Å². The molecular weight excluding hydrogens is 286 g/mol. The van der Waals surface area contributed by atoms with Gasteiger partial charge in [-0.25, -0.2) is 9.97 Å². The van der Waals surface area contributed by atoms with Crippen molar-refractivity contribution in [2.45, 2.75) is 10.8 Å². The third kappa shape index (κ3) is 3.18. The van der Waals surface area contributed by atoms with E-state index in [0.29, 0.717) is 5.69 Å². The largest absolute Gasteiger partial charge is 0.397 e. The Morgan fingerprint density at radius 2 is 1.95 bits per heavy atom. The highest BCUT2D eigenvalue weighted by Crippen LogP contribution is 2.27. The summed E-state index contributed by atoms with van der Waals surface area (Å²) in [6.45, 7) is 0. The first-order valence-corrected chi connectivity index (χ1v) is 8.02. The van der Waals surface area contributed by atoms with Crippen molar-refractivity contribution < 1.29 is 0 Å². The van der Waals surface area contributed by atoms with E-state index >= 15 is 0 Å². The smallest absolute Gasteiger partial charge is 0.123 e. The van der Waals surface area contributed by atoms with Crippen molar-refractivity contribution in [3.05, 3.63) is 59.7 Å². The maximum atomic E-state index is 5.62. The van der Waals surface area contributed by atoms with Gasteiger partial charge < -0.3 is 5.73 Å². The lowest BCUT2D eigenvalue weighted by Gasteiger charge is -1.99. The summed E-state index contributed by atoms with van der Waals surface area (Å²) >= 11 is 3.34. The maximum Gasteiger partial charge on any atom is 0.123 e. The summed E-state index contributed by atoms with van der Waals surface area (Å²) in [5.41, 5.74) is 8.56. The first kappa shape index (κ1) is 13.1. The summed E-state index contributed by atoms with van der Waals surface area (Å²) in [7, 11) is 0. The van der Waals surface area contributed by atoms with Crippen LogP contribution in [0.5, 0.6) is 0 Å². The summed E-state index contributed by atoms with van der Waals surface area (Å²) in [5, 5.41) is 4.13. The molecule has 0 aliphatic rings. The Morgan fingerprint density at radius 1 is 1.10 bits per heavy atom. The average molecular weight is 299 g/mol. The number of benzene rings is 1. The van der Waals surface area contributed by atoms with Crippen molar-refractivity contribution in [2.24, 2.45) is 0 Å². The predicted octanol–water partition coefficient (Wildman–Crippen LogP) is 4.08. The summed E-state index contributed by atoms with van der Waals surface area (Å²) in [5.74, 6) is 0.820. The lowest BCUT2D eigenvalue weighted by molar-refractivity contribution is 1.13. The molecule has 0 aliphatic carbocycles. The summed E-state index contributed by atoms with van der Waals surface area (Å²) in [4.78, 5) is 8.93. The minimum Gasteiger partial charge on any atom is -0.397 e. The Kier molecular flexibility index (Phi) is 3.99. The minimum absolute atomic E-state index is 0.689. The normalized spacial score (nSPS) is 10.6. The summed E-state index contributed by atoms with van der Waals surface area (Å²) in [6, 6.07) is 14.0. The molecule has 3 aromatic rings. The minimum atomic E-state index is 0.689. The Balaban J connectivity index is 1.67. The van der Waals surface area contributed by atoms with Crippen LogP contribution in [-0.2, 0) is 5.75 Å². The standard InChI is InChI=1S/C15H13N3S2/c16-12-6-7-14(17-8-12)19-9-13-10-20-15(18-13)11-4-2-1-3-5-11/h1-8,10H,9,16H2. The lowest BCUT2D eigenvalue weighted by atomic mass is 10.2. The molecule has 0 spiro atoms. The first-order valence-electron chi connectivity index (χ1n) is 6.15. The van der Waals surface area contributed by atoms with Crippen LogP contribution in [0.25, 0.3) is 10.6 Å². The number of nitrogen functional groups attached to an aromatic ring is 1. The fourth-order valence-corrected chi connectivity index (χ4v) is 3.38. The number of thioether (sulfide) groups is 1. The molecule has 0 saturated heterocycles. The SMILES string of the molecule is Nc1ccc(SCc2csc(-c3ccccc3)n2)nc1. The number of anilines is 1. The molecule has 0 fully saturated rings. The molecule has 100 valence electrons. The van der Waals surface area contributed by atoms with Crippen molar-refractivity contribution in [1.82, 2.24) is 9.97 Å². The molecule has 0 bridgehead atoms. The Bertz CT molecular complexity index is 678. The molecule has 2 heterocycles. The van der Waals surface area contributed by atoms with Gasteiger partial charge in [0.1, 0.15) is 5.01 Å². The molecule has 1 aromatic carbocycles. The van der Waals surface area contributed by atoms with Gasteiger partial charge >= 0.3 is 0 Å². The molecule has 0 atom stereocenters. The number of aromatic nitrogens is 2. The number of rotatable bonds is 4. The molecule has 0 amide bonds. The van der Waals surface area contributed by atoms with E-state index in [9.17, 15) is 0 Å². The van der Waals surface area contributed by atoms with Gasteiger partial charge in [-0.3, -0.25) is 0 Å². The lowest BCUT2D eigenvalue weighted by Crippen LogP contribution is -1.87. The molecule has 0 saturated carbocycles. The molecular formula is C15H13N3S2. The maximum absolute atomic E-state index is 5.62. The van der Waals surface area contributed by atoms with Crippen LogP contribution >= 0.6 is 23.1 Å². The number of nitrogens with zero attached hydrogens (tertiary/aromatic N) is 2. The topological polar surface area (TPSA) is 51.8 Å². The van der Waals surface area contributed by atoms with Gasteiger partial charge in [0, 0.05) is 16.7 Å². The van der Waals surface area contributed by atoms with E-state index in [2.05, 4.69) is 27.5 Å². The van der Waals surface area contributed by atoms with E-state index in [-0.39, 0.29) is 0 Å². The highest BCUT2D eigenvalue weighted by Gasteiger charge is 2.05. The van der Waals surface area contributed by atoms with Crippen LogP contribution < -0.4 is 5.73 Å². The highest BCUT2D eigenvalue weighted by molar-refractivity contribution is 7.98. The van der Waals surface area contributed by atoms with Crippen molar-refractivity contribution in [3.63, 3.8) is 0 Å². The van der Waals surface area contributed by atoms with Gasteiger partial charge in [-0.15, -0.1) is 23.1 Å². The fraction of sp³-hybridized carbons (Fsp3) is 0.0667. The quantitative estimate of drug-likeness (QED) is 0.738. The molecule has 0 radical (unpaired) electrons. The Morgan fingerprint density at radius 3 is 2.70 bits per heavy atom. The third-order valence-electron chi connectivity index (χ3n) is 2.70. The molecule has 2 aromatic heterocycles. The van der Waals surface area contributed by atoms with Gasteiger partial charge in [0.05, 0.1) is 22.6 Å². The van der Waals surface area contributed by atoms with Crippen molar-refractivity contribution in [3.8, 4) is 10.6 Å². The van der Waals surface area contributed by atoms with Crippen LogP contribution in [0.1, 0.15) is 5.69 Å². The van der Waals surface area contributed by atoms with Crippen LogP contribution in [-0.4, -0.2) is 9.97 Å². The molecule has 5 heteroatoms. The zero-order chi connectivity index (χ0) is 13.8. The number of hydrogen-bond acceptors (Lipinski definition) is 5. The second-order valence-electron chi connectivity index (χ2n) is 4.23. The second-order valence-corrected chi connectivity index (χ2v) is 6.08. The van der Waals surface area contributed by atoms with Crippen LogP contribution in [0.3, 0.4) is 0 Å². The number of nitrogens with two attached hydrogens (primary N) is 1. The van der Waals surface area contributed by atoms with Crippen LogP contribution in [0, 0.1) is 0 Å². The number of pyridine rings is 1.